The number of rotatable bonds is 4. The molecule has 2 aromatic heterocycles. The third-order valence-corrected chi connectivity index (χ3v) is 5.36. The Morgan fingerprint density at radius 3 is 2.67 bits per heavy atom. The van der Waals surface area contributed by atoms with Crippen molar-refractivity contribution in [1.29, 1.82) is 0 Å². The second-order valence-corrected chi connectivity index (χ2v) is 8.09. The van der Waals surface area contributed by atoms with E-state index >= 15 is 0 Å². The number of nitrogens with one attached hydrogen (secondary N) is 1. The zero-order chi connectivity index (χ0) is 17.3. The summed E-state index contributed by atoms with van der Waals surface area (Å²) < 4.78 is 16.2. The Kier molecular flexibility index (Phi) is 4.98. The molecule has 3 rings (SSSR count). The Morgan fingerprint density at radius 1 is 1.33 bits per heavy atom. The number of nitrogens with zero attached hydrogens (tertiary/aromatic N) is 2. The van der Waals surface area contributed by atoms with E-state index in [1.165, 1.54) is 12.1 Å². The molecule has 0 atom stereocenters. The van der Waals surface area contributed by atoms with Crippen molar-refractivity contribution in [3.05, 3.63) is 67.5 Å². The van der Waals surface area contributed by atoms with Crippen LogP contribution in [0.5, 0.6) is 0 Å². The van der Waals surface area contributed by atoms with Crippen molar-refractivity contribution in [2.75, 3.05) is 7.05 Å². The maximum absolute atomic E-state index is 13.1. The second kappa shape index (κ2) is 7.00. The van der Waals surface area contributed by atoms with Gasteiger partial charge in [-0.05, 0) is 64.5 Å². The van der Waals surface area contributed by atoms with Crippen molar-refractivity contribution >= 4 is 45.4 Å². The van der Waals surface area contributed by atoms with Crippen LogP contribution in [0.1, 0.15) is 15.4 Å². The van der Waals surface area contributed by atoms with Gasteiger partial charge >= 0.3 is 0 Å². The molecule has 24 heavy (non-hydrogen) atoms. The number of imidazole rings is 1. The first-order chi connectivity index (χ1) is 11.5. The second-order valence-electron chi connectivity index (χ2n) is 5.16. The van der Waals surface area contributed by atoms with Crippen molar-refractivity contribution in [2.45, 2.75) is 6.54 Å². The minimum absolute atomic E-state index is 0.170. The van der Waals surface area contributed by atoms with Crippen LogP contribution in [0.25, 0.3) is 5.69 Å². The van der Waals surface area contributed by atoms with Crippen LogP contribution >= 0.6 is 39.5 Å². The molecule has 0 aliphatic rings. The van der Waals surface area contributed by atoms with Crippen molar-refractivity contribution in [3.63, 3.8) is 0 Å². The van der Waals surface area contributed by atoms with E-state index in [1.807, 2.05) is 12.1 Å². The minimum Gasteiger partial charge on any atom is -0.336 e. The van der Waals surface area contributed by atoms with E-state index in [1.54, 1.807) is 46.2 Å². The molecule has 0 aliphatic heterocycles. The molecule has 124 valence electrons. The molecule has 1 amide bonds. The van der Waals surface area contributed by atoms with Gasteiger partial charge in [-0.2, -0.15) is 0 Å². The van der Waals surface area contributed by atoms with Crippen molar-refractivity contribution in [1.82, 2.24) is 14.5 Å². The summed E-state index contributed by atoms with van der Waals surface area (Å²) in [6, 6.07) is 9.78. The maximum atomic E-state index is 13.1. The van der Waals surface area contributed by atoms with Gasteiger partial charge in [0.2, 0.25) is 0 Å². The van der Waals surface area contributed by atoms with E-state index in [0.717, 1.165) is 8.66 Å². The highest BCUT2D eigenvalue weighted by atomic mass is 79.9. The number of aromatic nitrogens is 2. The fourth-order valence-corrected chi connectivity index (χ4v) is 4.11. The Hall–Kier alpha value is -1.77. The molecular weight excluding hydrogens is 413 g/mol. The zero-order valence-electron chi connectivity index (χ0n) is 12.6. The van der Waals surface area contributed by atoms with Gasteiger partial charge in [-0.15, -0.1) is 11.3 Å². The summed E-state index contributed by atoms with van der Waals surface area (Å²) in [5.74, 6) is -0.509. The van der Waals surface area contributed by atoms with Gasteiger partial charge in [-0.25, -0.2) is 4.39 Å². The largest absolute Gasteiger partial charge is 0.336 e. The number of halogens is 2. The number of thiophene rings is 1. The fraction of sp³-hybridized carbons (Fsp3) is 0.125. The minimum atomic E-state index is -0.339. The van der Waals surface area contributed by atoms with Gasteiger partial charge in [-0.3, -0.25) is 9.36 Å². The van der Waals surface area contributed by atoms with Gasteiger partial charge in [0.25, 0.3) is 5.91 Å². The molecule has 3 aromatic rings. The predicted octanol–water partition coefficient (Wildman–Crippen LogP) is 4.77. The average Bonchev–Trinajstić information content (AvgIpc) is 3.13. The highest BCUT2D eigenvalue weighted by Crippen LogP contribution is 2.23. The van der Waals surface area contributed by atoms with Crippen LogP contribution in [0.3, 0.4) is 0 Å². The third kappa shape index (κ3) is 3.50. The Morgan fingerprint density at radius 2 is 2.04 bits per heavy atom. The molecule has 0 radical (unpaired) electrons. The lowest BCUT2D eigenvalue weighted by molar-refractivity contribution is 0.0778. The number of aromatic amines is 1. The molecule has 0 bridgehead atoms. The topological polar surface area (TPSA) is 41.0 Å². The monoisotopic (exact) mass is 425 g/mol. The quantitative estimate of drug-likeness (QED) is 0.611. The number of hydrogen-bond acceptors (Lipinski definition) is 3. The number of carbonyl (C=O) groups is 1. The van der Waals surface area contributed by atoms with Crippen LogP contribution in [0.15, 0.2) is 46.4 Å². The zero-order valence-corrected chi connectivity index (χ0v) is 15.8. The maximum Gasteiger partial charge on any atom is 0.272 e. The van der Waals surface area contributed by atoms with Crippen LogP contribution in [0.4, 0.5) is 4.39 Å². The van der Waals surface area contributed by atoms with Crippen LogP contribution in [-0.2, 0) is 6.54 Å². The van der Waals surface area contributed by atoms with Gasteiger partial charge in [0, 0.05) is 23.8 Å². The number of hydrogen-bond donors (Lipinski definition) is 1. The number of H-pyrrole nitrogens is 1. The summed E-state index contributed by atoms with van der Waals surface area (Å²) in [5.41, 5.74) is 1.04. The lowest BCUT2D eigenvalue weighted by atomic mass is 10.3. The summed E-state index contributed by atoms with van der Waals surface area (Å²) in [7, 11) is 1.74. The Bertz CT molecular complexity index is 929. The molecule has 0 fully saturated rings. The standard InChI is InChI=1S/C16H13BrFN3OS2/c1-20(9-12-6-7-14(17)24-12)15(22)13-8-19-16(23)21(13)11-4-2-10(18)3-5-11/h2-8H,9H2,1H3,(H,19,23). The summed E-state index contributed by atoms with van der Waals surface area (Å²) in [4.78, 5) is 18.4. The fourth-order valence-electron chi connectivity index (χ4n) is 2.31. The van der Waals surface area contributed by atoms with E-state index < -0.39 is 0 Å². The lowest BCUT2D eigenvalue weighted by Gasteiger charge is -2.17. The first-order valence-electron chi connectivity index (χ1n) is 7.02. The van der Waals surface area contributed by atoms with Crippen molar-refractivity contribution in [3.8, 4) is 5.69 Å². The molecule has 1 N–H and O–H groups in total. The van der Waals surface area contributed by atoms with Crippen LogP contribution in [0, 0.1) is 10.6 Å². The molecule has 8 heteroatoms. The van der Waals surface area contributed by atoms with E-state index in [9.17, 15) is 9.18 Å². The summed E-state index contributed by atoms with van der Waals surface area (Å²) in [5, 5.41) is 0. The number of amides is 1. The smallest absolute Gasteiger partial charge is 0.272 e. The van der Waals surface area contributed by atoms with Crippen LogP contribution in [0.2, 0.25) is 0 Å². The van der Waals surface area contributed by atoms with Gasteiger partial charge in [-0.1, -0.05) is 0 Å². The van der Waals surface area contributed by atoms with Gasteiger partial charge in [0.1, 0.15) is 11.5 Å². The first-order valence-corrected chi connectivity index (χ1v) is 9.03. The highest BCUT2D eigenvalue weighted by Gasteiger charge is 2.19. The molecule has 0 spiro atoms. The predicted molar refractivity (Wildman–Crippen MR) is 98.7 cm³/mol. The third-order valence-electron chi connectivity index (χ3n) is 3.45. The molecule has 0 saturated heterocycles. The van der Waals surface area contributed by atoms with Gasteiger partial charge < -0.3 is 9.88 Å². The highest BCUT2D eigenvalue weighted by molar-refractivity contribution is 9.11. The van der Waals surface area contributed by atoms with Gasteiger partial charge in [0.05, 0.1) is 10.3 Å². The van der Waals surface area contributed by atoms with E-state index in [0.29, 0.717) is 22.7 Å². The first kappa shape index (κ1) is 17.1. The van der Waals surface area contributed by atoms with Crippen LogP contribution in [-0.4, -0.2) is 27.4 Å². The molecule has 0 unspecified atom stereocenters. The summed E-state index contributed by atoms with van der Waals surface area (Å²) >= 11 is 10.3. The Labute approximate surface area is 155 Å². The summed E-state index contributed by atoms with van der Waals surface area (Å²) in [6.07, 6.45) is 1.58. The number of carbonyl (C=O) groups excluding carboxylic acids is 1. The average molecular weight is 426 g/mol. The van der Waals surface area contributed by atoms with Crippen molar-refractivity contribution in [2.24, 2.45) is 0 Å². The number of benzene rings is 1. The van der Waals surface area contributed by atoms with Crippen LogP contribution < -0.4 is 0 Å². The van der Waals surface area contributed by atoms with E-state index in [-0.39, 0.29) is 11.7 Å². The molecule has 4 nitrogen and oxygen atoms in total. The van der Waals surface area contributed by atoms with E-state index in [4.69, 9.17) is 12.2 Å². The Balaban J connectivity index is 1.90. The molecule has 2 heterocycles. The SMILES string of the molecule is CN(Cc1ccc(Br)s1)C(=O)c1c[nH]c(=S)n1-c1ccc(F)cc1. The molecular formula is C16H13BrFN3OS2. The van der Waals surface area contributed by atoms with E-state index in [2.05, 4.69) is 20.9 Å². The lowest BCUT2D eigenvalue weighted by Crippen LogP contribution is -2.27. The molecule has 1 aromatic carbocycles. The summed E-state index contributed by atoms with van der Waals surface area (Å²) in [6.45, 7) is 0.496. The normalized spacial score (nSPS) is 10.8. The molecule has 0 aliphatic carbocycles. The van der Waals surface area contributed by atoms with Crippen molar-refractivity contribution < 1.29 is 9.18 Å². The van der Waals surface area contributed by atoms with Gasteiger partial charge in [0.15, 0.2) is 4.77 Å². The molecule has 0 saturated carbocycles.